The van der Waals surface area contributed by atoms with Crippen molar-refractivity contribution >= 4 is 109 Å². The molecule has 3 aliphatic rings. The summed E-state index contributed by atoms with van der Waals surface area (Å²) in [5.41, 5.74) is 24.1. The molecule has 6 rings (SSSR count). The van der Waals surface area contributed by atoms with E-state index < -0.39 is 125 Å². The van der Waals surface area contributed by atoms with Gasteiger partial charge in [0.1, 0.15) is 42.3 Å². The molecule has 2 aromatic carbocycles. The highest BCUT2D eigenvalue weighted by Crippen LogP contribution is 2.48. The number of hydrogen-bond donors (Lipinski definition) is 12. The van der Waals surface area contributed by atoms with Gasteiger partial charge in [-0.05, 0) is 73.8 Å². The van der Waals surface area contributed by atoms with Gasteiger partial charge in [0.25, 0.3) is 0 Å². The van der Waals surface area contributed by atoms with Crippen molar-refractivity contribution < 1.29 is 47.9 Å². The Labute approximate surface area is 482 Å². The molecule has 1 saturated carbocycles. The zero-order valence-electron chi connectivity index (χ0n) is 45.5. The molecule has 10 amide bonds. The molecule has 0 bridgehead atoms. The number of aromatic amines is 1. The van der Waals surface area contributed by atoms with Gasteiger partial charge in [-0.15, -0.1) is 0 Å². The van der Waals surface area contributed by atoms with E-state index in [0.29, 0.717) is 36.3 Å². The lowest BCUT2D eigenvalue weighted by Crippen LogP contribution is -2.62. The average molecular weight is 1180 g/mol. The maximum atomic E-state index is 15.0. The van der Waals surface area contributed by atoms with E-state index in [0.717, 1.165) is 35.7 Å². The summed E-state index contributed by atoms with van der Waals surface area (Å²) < 4.78 is -0.723. The molecule has 27 heteroatoms. The quantitative estimate of drug-likeness (QED) is 0.0359. The van der Waals surface area contributed by atoms with Gasteiger partial charge in [0.2, 0.25) is 59.1 Å². The van der Waals surface area contributed by atoms with Crippen molar-refractivity contribution in [1.29, 1.82) is 0 Å². The normalized spacial score (nSPS) is 23.1. The third-order valence-corrected chi connectivity index (χ3v) is 18.3. The van der Waals surface area contributed by atoms with E-state index in [4.69, 9.17) is 34.5 Å². The number of carbonyl (C=O) groups excluding carboxylic acids is 10. The van der Waals surface area contributed by atoms with E-state index in [1.807, 2.05) is 24.3 Å². The van der Waals surface area contributed by atoms with Gasteiger partial charge in [-0.25, -0.2) is 0 Å². The summed E-state index contributed by atoms with van der Waals surface area (Å²) >= 11 is 6.23. The maximum Gasteiger partial charge on any atom is 0.246 e. The molecule has 1 aromatic heterocycles. The second-order valence-electron chi connectivity index (χ2n) is 20.9. The maximum absolute atomic E-state index is 15.0. The summed E-state index contributed by atoms with van der Waals surface area (Å²) in [5.74, 6) is -8.51. The van der Waals surface area contributed by atoms with Crippen molar-refractivity contribution in [2.75, 3.05) is 25.4 Å². The Morgan fingerprint density at radius 2 is 1.49 bits per heavy atom. The summed E-state index contributed by atoms with van der Waals surface area (Å²) in [6.45, 7) is 3.16. The molecule has 1 spiro atoms. The second-order valence-corrected chi connectivity index (χ2v) is 24.2. The first-order chi connectivity index (χ1) is 38.6. The molecule has 81 heavy (non-hydrogen) atoms. The van der Waals surface area contributed by atoms with Gasteiger partial charge in [0.15, 0.2) is 5.96 Å². The fourth-order valence-electron chi connectivity index (χ4n) is 10.2. The number of benzene rings is 2. The van der Waals surface area contributed by atoms with Crippen molar-refractivity contribution in [2.45, 2.75) is 151 Å². The molecular weight excluding hydrogens is 1100 g/mol. The molecule has 1 aliphatic carbocycles. The van der Waals surface area contributed by atoms with Crippen LogP contribution in [0.5, 0.6) is 0 Å². The number of aromatic nitrogens is 1. The molecule has 8 atom stereocenters. The van der Waals surface area contributed by atoms with Crippen LogP contribution in [0.4, 0.5) is 0 Å². The molecule has 440 valence electrons. The zero-order valence-corrected chi connectivity index (χ0v) is 47.9. The van der Waals surface area contributed by atoms with Crippen molar-refractivity contribution in [3.05, 3.63) is 70.9 Å². The first-order valence-electron chi connectivity index (χ1n) is 27.3. The lowest BCUT2D eigenvalue weighted by atomic mass is 9.85. The molecule has 2 saturated heterocycles. The van der Waals surface area contributed by atoms with Crippen LogP contribution >= 0.6 is 33.2 Å². The SMILES string of the molecule is CC[C@H](C)[C@@H]1NC(=O)[C@H](Cc2ccc(Cl)cc2)NC(=O)C(Cc2c[nH]c3ccccc23)NC(=O)CC2(CCCCC2)SSC[C@@H](C(=O)N2CCC[C@H]2C(=O)N[C@@H](CCCN=C(N)N)C(=O)NCC(N)=O)NC(=O)C(CC(N)=O)NC1=O. The van der Waals surface area contributed by atoms with Crippen LogP contribution < -0.4 is 60.2 Å². The van der Waals surface area contributed by atoms with E-state index >= 15 is 4.79 Å². The number of fused-ring (bicyclic) bond motifs is 1. The number of likely N-dealkylation sites (tertiary alicyclic amines) is 1. The number of para-hydroxylation sites is 1. The van der Waals surface area contributed by atoms with Crippen LogP contribution in [0.3, 0.4) is 0 Å². The fraction of sp³-hybridized carbons (Fsp3) is 0.537. The smallest absolute Gasteiger partial charge is 0.246 e. The molecule has 3 fully saturated rings. The number of primary amides is 2. The standard InChI is InChI=1S/C54H75ClN14O10S2/c1-3-30(2)45-51(78)66-39(25-42(56)70)48(75)67-40(52(79)69-22-10-14-41(69)50(77)64-36(13-9-21-60-53(58)59)46(73)62-28-43(57)71)29-80-81-54(19-7-4-8-20-54)26-44(72)63-38(24-32-27-61-35-12-6-5-11-34(32)35)47(74)65-37(49(76)68-45)23-31-15-17-33(55)18-16-31/h5-6,11-12,15-18,27,30,36-41,45,61H,3-4,7-10,13-14,19-26,28-29H2,1-2H3,(H2,56,70)(H2,57,71)(H,62,73)(H,63,72)(H,64,77)(H,65,74)(H,66,78)(H,67,75)(H,68,76)(H4,58,59,60)/t30-,36-,37-,38?,39?,40-,41-,45-/m0/s1. The van der Waals surface area contributed by atoms with Gasteiger partial charge >= 0.3 is 0 Å². The van der Waals surface area contributed by atoms with Gasteiger partial charge in [-0.1, -0.05) is 103 Å². The molecule has 3 heterocycles. The predicted molar refractivity (Wildman–Crippen MR) is 309 cm³/mol. The first-order valence-corrected chi connectivity index (χ1v) is 30.0. The Balaban J connectivity index is 1.36. The van der Waals surface area contributed by atoms with E-state index in [2.05, 4.69) is 47.2 Å². The summed E-state index contributed by atoms with van der Waals surface area (Å²) in [7, 11) is 2.59. The van der Waals surface area contributed by atoms with E-state index in [-0.39, 0.29) is 63.3 Å². The Hall–Kier alpha value is -7.06. The average Bonchev–Trinajstić information content (AvgIpc) is 4.15. The second kappa shape index (κ2) is 30.1. The summed E-state index contributed by atoms with van der Waals surface area (Å²) in [6, 6.07) is 4.89. The number of H-pyrrole nitrogens is 1. The topological polar surface area (TPSA) is 390 Å². The first kappa shape index (κ1) is 63.1. The number of amides is 10. The van der Waals surface area contributed by atoms with Crippen LogP contribution in [-0.2, 0) is 60.8 Å². The number of aliphatic imine (C=N–C) groups is 1. The number of guanidine groups is 1. The highest BCUT2D eigenvalue weighted by atomic mass is 35.5. The minimum Gasteiger partial charge on any atom is -0.370 e. The molecular formula is C54H75ClN14O10S2. The van der Waals surface area contributed by atoms with Crippen LogP contribution in [-0.4, -0.2) is 147 Å². The predicted octanol–water partition coefficient (Wildman–Crippen LogP) is 0.571. The highest BCUT2D eigenvalue weighted by molar-refractivity contribution is 8.77. The monoisotopic (exact) mass is 1180 g/mol. The largest absolute Gasteiger partial charge is 0.370 e. The number of hydrogen-bond acceptors (Lipinski definition) is 13. The van der Waals surface area contributed by atoms with Crippen LogP contribution in [0.1, 0.15) is 102 Å². The summed E-state index contributed by atoms with van der Waals surface area (Å²) in [4.78, 5) is 149. The lowest BCUT2D eigenvalue weighted by Gasteiger charge is -2.37. The fourth-order valence-corrected chi connectivity index (χ4v) is 13.7. The minimum atomic E-state index is -1.67. The van der Waals surface area contributed by atoms with Crippen molar-refractivity contribution in [3.8, 4) is 0 Å². The van der Waals surface area contributed by atoms with Crippen LogP contribution in [0, 0.1) is 5.92 Å². The molecule has 16 N–H and O–H groups in total. The summed E-state index contributed by atoms with van der Waals surface area (Å²) in [5, 5.41) is 20.4. The lowest BCUT2D eigenvalue weighted by molar-refractivity contribution is -0.142. The van der Waals surface area contributed by atoms with Crippen LogP contribution in [0.2, 0.25) is 5.02 Å². The minimum absolute atomic E-state index is 0.0342. The van der Waals surface area contributed by atoms with E-state index in [9.17, 15) is 43.2 Å². The Kier molecular flexibility index (Phi) is 23.5. The number of rotatable bonds is 18. The van der Waals surface area contributed by atoms with E-state index in [1.54, 1.807) is 44.3 Å². The zero-order chi connectivity index (χ0) is 58.8. The van der Waals surface area contributed by atoms with Crippen molar-refractivity contribution in [2.24, 2.45) is 33.8 Å². The van der Waals surface area contributed by atoms with Gasteiger partial charge < -0.3 is 70.0 Å². The highest BCUT2D eigenvalue weighted by Gasteiger charge is 2.43. The van der Waals surface area contributed by atoms with Crippen molar-refractivity contribution in [1.82, 2.24) is 47.1 Å². The van der Waals surface area contributed by atoms with Gasteiger partial charge in [-0.2, -0.15) is 0 Å². The number of nitrogens with two attached hydrogens (primary N) is 4. The number of nitrogens with one attached hydrogen (secondary N) is 8. The molecule has 2 aliphatic heterocycles. The van der Waals surface area contributed by atoms with Crippen LogP contribution in [0.15, 0.2) is 59.7 Å². The summed E-state index contributed by atoms with van der Waals surface area (Å²) in [6.07, 6.45) is 5.75. The number of carbonyl (C=O) groups is 10. The third kappa shape index (κ3) is 18.5. The number of halogens is 1. The number of nitrogens with zero attached hydrogens (tertiary/aromatic N) is 2. The Morgan fingerprint density at radius 3 is 2.19 bits per heavy atom. The van der Waals surface area contributed by atoms with Gasteiger partial charge in [-0.3, -0.25) is 52.9 Å². The van der Waals surface area contributed by atoms with Crippen molar-refractivity contribution in [3.63, 3.8) is 0 Å². The van der Waals surface area contributed by atoms with E-state index in [1.165, 1.54) is 26.5 Å². The molecule has 3 aromatic rings. The Bertz CT molecular complexity index is 2790. The van der Waals surface area contributed by atoms with Gasteiger partial charge in [0.05, 0.1) is 13.0 Å². The molecule has 0 radical (unpaired) electrons. The third-order valence-electron chi connectivity index (χ3n) is 14.8. The van der Waals surface area contributed by atoms with Crippen LogP contribution in [0.25, 0.3) is 10.9 Å². The molecule has 2 unspecified atom stereocenters. The Morgan fingerprint density at radius 1 is 0.815 bits per heavy atom. The van der Waals surface area contributed by atoms with Gasteiger partial charge in [0, 0.05) is 65.0 Å². The molecule has 24 nitrogen and oxygen atoms in total.